The summed E-state index contributed by atoms with van der Waals surface area (Å²) >= 11 is 1.83. The van der Waals surface area contributed by atoms with Crippen LogP contribution in [0.15, 0.2) is 53.9 Å². The molecule has 0 aliphatic heterocycles. The van der Waals surface area contributed by atoms with Crippen molar-refractivity contribution < 1.29 is 0 Å². The van der Waals surface area contributed by atoms with Gasteiger partial charge in [-0.2, -0.15) is 0 Å². The SMILES string of the molecule is CCCCCCc1ccc2cc3c(C#C[Si](C(C)C)(C(C)C)C(C)C)c4cc5sccc5cc4c(C#C[Si](C(C)C)(C(C)C)C(C)C)c3cc2c1. The predicted octanol–water partition coefficient (Wildman–Crippen LogP) is 15.6. The zero-order valence-electron chi connectivity index (χ0n) is 34.1. The van der Waals surface area contributed by atoms with Crippen molar-refractivity contribution in [3.63, 3.8) is 0 Å². The summed E-state index contributed by atoms with van der Waals surface area (Å²) in [6.07, 6.45) is 6.29. The number of benzene rings is 4. The molecule has 0 fully saturated rings. The van der Waals surface area contributed by atoms with Crippen molar-refractivity contribution in [1.82, 2.24) is 0 Å². The van der Waals surface area contributed by atoms with Crippen molar-refractivity contribution in [2.75, 3.05) is 0 Å². The summed E-state index contributed by atoms with van der Waals surface area (Å²) in [6, 6.07) is 19.3. The van der Waals surface area contributed by atoms with Gasteiger partial charge in [0.05, 0.1) is 0 Å². The number of rotatable bonds is 11. The van der Waals surface area contributed by atoms with Crippen LogP contribution in [-0.2, 0) is 6.42 Å². The third-order valence-electron chi connectivity index (χ3n) is 12.6. The first-order chi connectivity index (χ1) is 24.2. The minimum atomic E-state index is -1.98. The molecule has 0 bridgehead atoms. The number of hydrogen-bond donors (Lipinski definition) is 0. The Morgan fingerprint density at radius 3 is 1.47 bits per heavy atom. The average Bonchev–Trinajstić information content (AvgIpc) is 3.52. The summed E-state index contributed by atoms with van der Waals surface area (Å²) in [7, 11) is -3.96. The molecule has 0 saturated heterocycles. The fourth-order valence-corrected chi connectivity index (χ4v) is 21.1. The summed E-state index contributed by atoms with van der Waals surface area (Å²) < 4.78 is 1.33. The molecular formula is C48H64SSi2. The van der Waals surface area contributed by atoms with E-state index in [1.54, 1.807) is 0 Å². The Labute approximate surface area is 317 Å². The van der Waals surface area contributed by atoms with Crippen LogP contribution in [-0.4, -0.2) is 16.1 Å². The van der Waals surface area contributed by atoms with E-state index < -0.39 is 16.1 Å². The van der Waals surface area contributed by atoms with Gasteiger partial charge in [-0.1, -0.05) is 139 Å². The van der Waals surface area contributed by atoms with E-state index in [9.17, 15) is 0 Å². The Hall–Kier alpha value is -2.83. The van der Waals surface area contributed by atoms with Gasteiger partial charge in [0.2, 0.25) is 0 Å². The first-order valence-corrected chi connectivity index (χ1v) is 25.4. The molecule has 5 aromatic rings. The summed E-state index contributed by atoms with van der Waals surface area (Å²) in [5.41, 5.74) is 15.6. The first-order valence-electron chi connectivity index (χ1n) is 20.1. The summed E-state index contributed by atoms with van der Waals surface area (Å²) in [4.78, 5) is 0. The van der Waals surface area contributed by atoms with Gasteiger partial charge in [-0.15, -0.1) is 22.4 Å². The average molecular weight is 729 g/mol. The molecule has 3 heteroatoms. The maximum atomic E-state index is 4.16. The van der Waals surface area contributed by atoms with Crippen LogP contribution in [0.4, 0.5) is 0 Å². The molecule has 0 nitrogen and oxygen atoms in total. The lowest BCUT2D eigenvalue weighted by Gasteiger charge is -2.38. The predicted molar refractivity (Wildman–Crippen MR) is 238 cm³/mol. The fourth-order valence-electron chi connectivity index (χ4n) is 9.86. The van der Waals surface area contributed by atoms with Gasteiger partial charge in [0.15, 0.2) is 0 Å². The molecule has 1 aromatic heterocycles. The molecule has 0 aliphatic carbocycles. The Morgan fingerprint density at radius 1 is 0.510 bits per heavy atom. The first kappa shape index (κ1) is 39.4. The zero-order chi connectivity index (χ0) is 37.2. The highest BCUT2D eigenvalue weighted by Gasteiger charge is 2.43. The molecule has 0 aliphatic rings. The smallest absolute Gasteiger partial charge is 0.144 e. The molecule has 0 radical (unpaired) electrons. The largest absolute Gasteiger partial charge is 0.146 e. The lowest BCUT2D eigenvalue weighted by molar-refractivity contribution is 0.667. The van der Waals surface area contributed by atoms with Gasteiger partial charge in [-0.25, -0.2) is 0 Å². The quantitative estimate of drug-likeness (QED) is 0.0550. The van der Waals surface area contributed by atoms with Crippen molar-refractivity contribution in [1.29, 1.82) is 0 Å². The van der Waals surface area contributed by atoms with Crippen LogP contribution in [0.25, 0.3) is 42.4 Å². The number of unbranched alkanes of at least 4 members (excludes halogenated alkanes) is 3. The number of aryl methyl sites for hydroxylation is 1. The Bertz CT molecular complexity index is 2090. The maximum absolute atomic E-state index is 4.16. The molecule has 4 aromatic carbocycles. The Balaban J connectivity index is 1.95. The third-order valence-corrected chi connectivity index (χ3v) is 26.0. The van der Waals surface area contributed by atoms with Crippen molar-refractivity contribution in [3.05, 3.63) is 70.6 Å². The van der Waals surface area contributed by atoms with Gasteiger partial charge in [0, 0.05) is 21.2 Å². The van der Waals surface area contributed by atoms with E-state index in [1.807, 2.05) is 11.3 Å². The van der Waals surface area contributed by atoms with Crippen molar-refractivity contribution >= 4 is 69.9 Å². The van der Waals surface area contributed by atoms with E-state index in [1.165, 1.54) is 84.8 Å². The van der Waals surface area contributed by atoms with Crippen molar-refractivity contribution in [2.45, 2.75) is 155 Å². The van der Waals surface area contributed by atoms with Crippen LogP contribution in [0.3, 0.4) is 0 Å². The second kappa shape index (κ2) is 16.0. The molecule has 0 N–H and O–H groups in total. The van der Waals surface area contributed by atoms with Gasteiger partial charge >= 0.3 is 0 Å². The zero-order valence-corrected chi connectivity index (χ0v) is 36.9. The van der Waals surface area contributed by atoms with Crippen LogP contribution < -0.4 is 0 Å². The van der Waals surface area contributed by atoms with Crippen molar-refractivity contribution in [2.24, 2.45) is 0 Å². The van der Waals surface area contributed by atoms with Crippen LogP contribution in [0.1, 0.15) is 132 Å². The maximum Gasteiger partial charge on any atom is 0.146 e. The number of fused-ring (bicyclic) bond motifs is 4. The highest BCUT2D eigenvalue weighted by Crippen LogP contribution is 2.44. The molecule has 0 amide bonds. The molecule has 51 heavy (non-hydrogen) atoms. The Morgan fingerprint density at radius 2 is 0.980 bits per heavy atom. The van der Waals surface area contributed by atoms with E-state index in [0.29, 0.717) is 33.2 Å². The number of thiophene rings is 1. The second-order valence-corrected chi connectivity index (χ2v) is 29.4. The lowest BCUT2D eigenvalue weighted by Crippen LogP contribution is -2.43. The number of hydrogen-bond acceptors (Lipinski definition) is 1. The third kappa shape index (κ3) is 7.38. The molecular weight excluding hydrogens is 665 g/mol. The van der Waals surface area contributed by atoms with Gasteiger partial charge in [-0.3, -0.25) is 0 Å². The molecule has 0 atom stereocenters. The van der Waals surface area contributed by atoms with Gasteiger partial charge in [-0.05, 0) is 120 Å². The van der Waals surface area contributed by atoms with Gasteiger partial charge < -0.3 is 0 Å². The fraction of sp³-hybridized carbons (Fsp3) is 0.500. The van der Waals surface area contributed by atoms with Gasteiger partial charge in [0.25, 0.3) is 0 Å². The van der Waals surface area contributed by atoms with Crippen LogP contribution in [0.5, 0.6) is 0 Å². The van der Waals surface area contributed by atoms with Crippen LogP contribution >= 0.6 is 11.3 Å². The lowest BCUT2D eigenvalue weighted by atomic mass is 9.89. The van der Waals surface area contributed by atoms with Crippen LogP contribution in [0, 0.1) is 22.9 Å². The molecule has 0 saturated carbocycles. The van der Waals surface area contributed by atoms with E-state index >= 15 is 0 Å². The van der Waals surface area contributed by atoms with E-state index in [2.05, 4.69) is 167 Å². The van der Waals surface area contributed by atoms with E-state index in [0.717, 1.165) is 6.42 Å². The van der Waals surface area contributed by atoms with Crippen molar-refractivity contribution in [3.8, 4) is 22.9 Å². The molecule has 5 rings (SSSR count). The molecule has 0 unspecified atom stereocenters. The summed E-state index contributed by atoms with van der Waals surface area (Å²) in [5, 5.41) is 11.2. The Kier molecular flexibility index (Phi) is 12.4. The monoisotopic (exact) mass is 728 g/mol. The summed E-state index contributed by atoms with van der Waals surface area (Å²) in [5.74, 6) is 8.05. The minimum absolute atomic E-state index is 0.577. The second-order valence-electron chi connectivity index (χ2n) is 17.3. The van der Waals surface area contributed by atoms with E-state index in [4.69, 9.17) is 0 Å². The van der Waals surface area contributed by atoms with Gasteiger partial charge in [0.1, 0.15) is 16.1 Å². The molecule has 270 valence electrons. The van der Waals surface area contributed by atoms with Crippen LogP contribution in [0.2, 0.25) is 33.2 Å². The molecule has 0 spiro atoms. The standard InChI is InChI=1S/C48H64SSi2/c1-14-15-16-17-18-38-19-20-39-28-44-43(23-26-51(35(8)9,36(10)11)37(12)13)47-31-48-40(21-24-49-48)29-45(47)42(46(44)30-41(39)27-38)22-25-50(32(2)3,33(4)5)34(6)7/h19-21,24,27-37H,14-18H2,1-13H3. The normalized spacial score (nSPS) is 12.8. The summed E-state index contributed by atoms with van der Waals surface area (Å²) in [6.45, 7) is 31.4. The minimum Gasteiger partial charge on any atom is -0.144 e. The topological polar surface area (TPSA) is 0 Å². The highest BCUT2D eigenvalue weighted by molar-refractivity contribution is 7.17. The highest BCUT2D eigenvalue weighted by atomic mass is 32.1. The molecule has 1 heterocycles. The van der Waals surface area contributed by atoms with E-state index in [-0.39, 0.29) is 0 Å².